The van der Waals surface area contributed by atoms with Gasteiger partial charge in [0.25, 0.3) is 5.91 Å². The zero-order valence-electron chi connectivity index (χ0n) is 13.8. The normalized spacial score (nSPS) is 11.7. The molecule has 6 nitrogen and oxygen atoms in total. The van der Waals surface area contributed by atoms with E-state index in [1.165, 1.54) is 12.1 Å². The molecule has 0 bridgehead atoms. The molecular weight excluding hydrogens is 392 g/mol. The first-order chi connectivity index (χ1) is 12.4. The molecule has 0 aromatic heterocycles. The van der Waals surface area contributed by atoms with Gasteiger partial charge >= 0.3 is 6.18 Å². The molecule has 0 spiro atoms. The molecule has 0 heterocycles. The van der Waals surface area contributed by atoms with Crippen LogP contribution in [-0.2, 0) is 21.0 Å². The zero-order chi connectivity index (χ0) is 20.2. The van der Waals surface area contributed by atoms with Gasteiger partial charge in [0.1, 0.15) is 11.6 Å². The van der Waals surface area contributed by atoms with Gasteiger partial charge in [0.05, 0.1) is 17.5 Å². The Morgan fingerprint density at radius 2 is 1.85 bits per heavy atom. The minimum Gasteiger partial charge on any atom is -0.484 e. The number of nitrogens with one attached hydrogen (secondary N) is 2. The average Bonchev–Trinajstić information content (AvgIpc) is 2.54. The van der Waals surface area contributed by atoms with Gasteiger partial charge in [-0.15, -0.1) is 0 Å². The van der Waals surface area contributed by atoms with Crippen LogP contribution in [0, 0.1) is 5.82 Å². The van der Waals surface area contributed by atoms with Crippen molar-refractivity contribution < 1.29 is 35.5 Å². The third-order valence-electron chi connectivity index (χ3n) is 3.08. The van der Waals surface area contributed by atoms with E-state index < -0.39 is 40.1 Å². The molecule has 2 rings (SSSR count). The van der Waals surface area contributed by atoms with Crippen molar-refractivity contribution in [3.63, 3.8) is 0 Å². The summed E-state index contributed by atoms with van der Waals surface area (Å²) in [5, 5.41) is 2.32. The number of carbonyl (C=O) groups is 1. The summed E-state index contributed by atoms with van der Waals surface area (Å²) in [6, 6.07) is 7.19. The lowest BCUT2D eigenvalue weighted by Gasteiger charge is -2.11. The zero-order valence-corrected chi connectivity index (χ0v) is 14.6. The summed E-state index contributed by atoms with van der Waals surface area (Å²) in [4.78, 5) is 11.9. The molecule has 2 N–H and O–H groups in total. The molecule has 0 aliphatic rings. The van der Waals surface area contributed by atoms with Crippen LogP contribution in [0.2, 0.25) is 0 Å². The Kier molecular flexibility index (Phi) is 5.94. The van der Waals surface area contributed by atoms with Crippen molar-refractivity contribution >= 4 is 27.3 Å². The van der Waals surface area contributed by atoms with Gasteiger partial charge in [-0.25, -0.2) is 12.8 Å². The summed E-state index contributed by atoms with van der Waals surface area (Å²) in [7, 11) is -3.73. The molecule has 0 atom stereocenters. The Bertz CT molecular complexity index is 946. The van der Waals surface area contributed by atoms with Gasteiger partial charge in [0, 0.05) is 5.69 Å². The quantitative estimate of drug-likeness (QED) is 0.722. The first kappa shape index (κ1) is 20.5. The number of ether oxygens (including phenoxy) is 1. The van der Waals surface area contributed by atoms with Gasteiger partial charge < -0.3 is 10.1 Å². The second-order valence-electron chi connectivity index (χ2n) is 5.43. The molecule has 0 fully saturated rings. The van der Waals surface area contributed by atoms with Crippen molar-refractivity contribution in [2.45, 2.75) is 6.18 Å². The lowest BCUT2D eigenvalue weighted by atomic mass is 10.2. The number of sulfonamides is 1. The monoisotopic (exact) mass is 406 g/mol. The summed E-state index contributed by atoms with van der Waals surface area (Å²) in [5.41, 5.74) is -1.22. The molecule has 0 aliphatic heterocycles. The smallest absolute Gasteiger partial charge is 0.416 e. The second kappa shape index (κ2) is 7.82. The van der Waals surface area contributed by atoms with Crippen molar-refractivity contribution in [1.29, 1.82) is 0 Å². The van der Waals surface area contributed by atoms with E-state index in [9.17, 15) is 30.8 Å². The third kappa shape index (κ3) is 6.44. The van der Waals surface area contributed by atoms with Crippen LogP contribution in [0.15, 0.2) is 42.5 Å². The molecular formula is C16H14F4N2O4S. The molecule has 0 unspecified atom stereocenters. The van der Waals surface area contributed by atoms with E-state index in [4.69, 9.17) is 4.74 Å². The predicted molar refractivity (Wildman–Crippen MR) is 90.4 cm³/mol. The van der Waals surface area contributed by atoms with E-state index in [1.54, 1.807) is 0 Å². The minimum absolute atomic E-state index is 0.0696. The molecule has 2 aromatic rings. The molecule has 1 amide bonds. The fraction of sp³-hybridized carbons (Fsp3) is 0.188. The lowest BCUT2D eigenvalue weighted by molar-refractivity contribution is -0.137. The molecule has 0 saturated carbocycles. The van der Waals surface area contributed by atoms with E-state index in [0.29, 0.717) is 0 Å². The minimum atomic E-state index is -4.54. The molecule has 0 aliphatic carbocycles. The Labute approximate surface area is 152 Å². The number of amides is 1. The Hall–Kier alpha value is -2.82. The Morgan fingerprint density at radius 3 is 2.48 bits per heavy atom. The summed E-state index contributed by atoms with van der Waals surface area (Å²) in [6.07, 6.45) is -3.71. The summed E-state index contributed by atoms with van der Waals surface area (Å²) >= 11 is 0. The highest BCUT2D eigenvalue weighted by atomic mass is 32.2. The van der Waals surface area contributed by atoms with Gasteiger partial charge in [-0.2, -0.15) is 13.2 Å². The van der Waals surface area contributed by atoms with E-state index in [0.717, 1.165) is 36.6 Å². The predicted octanol–water partition coefficient (Wildman–Crippen LogP) is 3.23. The van der Waals surface area contributed by atoms with Crippen LogP contribution >= 0.6 is 0 Å². The maximum atomic E-state index is 13.6. The van der Waals surface area contributed by atoms with E-state index in [1.807, 2.05) is 4.72 Å². The van der Waals surface area contributed by atoms with Gasteiger partial charge in [0.2, 0.25) is 10.0 Å². The average molecular weight is 406 g/mol. The Balaban J connectivity index is 2.01. The van der Waals surface area contributed by atoms with Gasteiger partial charge in [-0.3, -0.25) is 9.52 Å². The highest BCUT2D eigenvalue weighted by Gasteiger charge is 2.30. The van der Waals surface area contributed by atoms with Crippen molar-refractivity contribution in [2.75, 3.05) is 22.9 Å². The fourth-order valence-electron chi connectivity index (χ4n) is 1.99. The molecule has 146 valence electrons. The summed E-state index contributed by atoms with van der Waals surface area (Å²) in [5.74, 6) is -1.73. The maximum Gasteiger partial charge on any atom is 0.416 e. The van der Waals surface area contributed by atoms with Gasteiger partial charge in [-0.1, -0.05) is 6.07 Å². The van der Waals surface area contributed by atoms with E-state index >= 15 is 0 Å². The van der Waals surface area contributed by atoms with E-state index in [2.05, 4.69) is 5.32 Å². The highest BCUT2D eigenvalue weighted by molar-refractivity contribution is 7.92. The third-order valence-corrected chi connectivity index (χ3v) is 3.67. The first-order valence-corrected chi connectivity index (χ1v) is 9.20. The number of anilines is 2. The van der Waals surface area contributed by atoms with Crippen molar-refractivity contribution in [2.24, 2.45) is 0 Å². The van der Waals surface area contributed by atoms with Crippen molar-refractivity contribution in [3.05, 3.63) is 53.8 Å². The number of alkyl halides is 3. The van der Waals surface area contributed by atoms with Crippen LogP contribution in [0.25, 0.3) is 0 Å². The van der Waals surface area contributed by atoms with Crippen LogP contribution in [0.1, 0.15) is 5.56 Å². The van der Waals surface area contributed by atoms with E-state index in [-0.39, 0.29) is 17.1 Å². The van der Waals surface area contributed by atoms with Crippen LogP contribution in [-0.4, -0.2) is 27.2 Å². The van der Waals surface area contributed by atoms with Crippen LogP contribution < -0.4 is 14.8 Å². The van der Waals surface area contributed by atoms with Crippen LogP contribution in [0.5, 0.6) is 5.75 Å². The Morgan fingerprint density at radius 1 is 1.15 bits per heavy atom. The fourth-order valence-corrected chi connectivity index (χ4v) is 2.55. The number of rotatable bonds is 6. The van der Waals surface area contributed by atoms with Crippen LogP contribution in [0.4, 0.5) is 28.9 Å². The molecule has 0 radical (unpaired) electrons. The number of hydrogen-bond donors (Lipinski definition) is 2. The molecule has 2 aromatic carbocycles. The maximum absolute atomic E-state index is 13.6. The van der Waals surface area contributed by atoms with Crippen LogP contribution in [0.3, 0.4) is 0 Å². The van der Waals surface area contributed by atoms with Gasteiger partial charge in [0.15, 0.2) is 6.61 Å². The topological polar surface area (TPSA) is 84.5 Å². The second-order valence-corrected chi connectivity index (χ2v) is 7.18. The number of carbonyl (C=O) groups excluding carboxylic acids is 1. The number of hydrogen-bond acceptors (Lipinski definition) is 4. The number of benzene rings is 2. The molecule has 27 heavy (non-hydrogen) atoms. The standard InChI is InChI=1S/C16H14F4N2O4S/c1-27(24,25)22-14-8-11(5-6-13(14)17)21-15(23)9-26-12-4-2-3-10(7-12)16(18,19)20/h2-8,22H,9H2,1H3,(H,21,23). The molecule has 0 saturated heterocycles. The summed E-state index contributed by atoms with van der Waals surface area (Å²) < 4.78 is 80.8. The first-order valence-electron chi connectivity index (χ1n) is 7.31. The SMILES string of the molecule is CS(=O)(=O)Nc1cc(NC(=O)COc2cccc(C(F)(F)F)c2)ccc1F. The van der Waals surface area contributed by atoms with Crippen molar-refractivity contribution in [3.8, 4) is 5.75 Å². The summed E-state index contributed by atoms with van der Waals surface area (Å²) in [6.45, 7) is -0.604. The van der Waals surface area contributed by atoms with Gasteiger partial charge in [-0.05, 0) is 36.4 Å². The largest absolute Gasteiger partial charge is 0.484 e. The number of halogens is 4. The lowest BCUT2D eigenvalue weighted by Crippen LogP contribution is -2.20. The highest BCUT2D eigenvalue weighted by Crippen LogP contribution is 2.31. The van der Waals surface area contributed by atoms with Crippen molar-refractivity contribution in [1.82, 2.24) is 0 Å². The molecule has 11 heteroatoms.